The van der Waals surface area contributed by atoms with Gasteiger partial charge in [-0.1, -0.05) is 18.2 Å². The van der Waals surface area contributed by atoms with Crippen LogP contribution in [0.25, 0.3) is 22.2 Å². The number of benzene rings is 2. The summed E-state index contributed by atoms with van der Waals surface area (Å²) in [7, 11) is 0. The van der Waals surface area contributed by atoms with E-state index in [2.05, 4.69) is 0 Å². The number of hydrogen-bond acceptors (Lipinski definition) is 1. The topological polar surface area (TPSA) is 22.0 Å². The molecule has 2 nitrogen and oxygen atoms in total. The molecule has 0 unspecified atom stereocenters. The average Bonchev–Trinajstić information content (AvgIpc) is 2.85. The molecular formula is C18H14F3NO. The highest BCUT2D eigenvalue weighted by Gasteiger charge is 2.23. The van der Waals surface area contributed by atoms with Gasteiger partial charge in [-0.2, -0.15) is 0 Å². The van der Waals surface area contributed by atoms with Crippen LogP contribution in [-0.2, 0) is 0 Å². The van der Waals surface area contributed by atoms with Crippen molar-refractivity contribution >= 4 is 17.2 Å². The fourth-order valence-electron chi connectivity index (χ4n) is 2.92. The molecule has 0 aliphatic carbocycles. The van der Waals surface area contributed by atoms with Crippen molar-refractivity contribution in [3.05, 3.63) is 59.4 Å². The van der Waals surface area contributed by atoms with Crippen molar-refractivity contribution in [2.24, 2.45) is 0 Å². The smallest absolute Gasteiger partial charge is 0.161 e. The van der Waals surface area contributed by atoms with Crippen LogP contribution in [-0.4, -0.2) is 10.9 Å². The van der Waals surface area contributed by atoms with Crippen LogP contribution in [0.2, 0.25) is 0 Å². The molecule has 0 aliphatic rings. The lowest BCUT2D eigenvalue weighted by molar-refractivity contribution is 0.112. The number of para-hydroxylation sites is 1. The third-order valence-corrected chi connectivity index (χ3v) is 3.85. The molecule has 23 heavy (non-hydrogen) atoms. The summed E-state index contributed by atoms with van der Waals surface area (Å²) in [4.78, 5) is 11.6. The minimum Gasteiger partial charge on any atom is -0.337 e. The number of halogens is 3. The second kappa shape index (κ2) is 5.57. The summed E-state index contributed by atoms with van der Waals surface area (Å²) in [6, 6.07) is 8.33. The van der Waals surface area contributed by atoms with Crippen LogP contribution in [0, 0.1) is 17.5 Å². The molecule has 118 valence electrons. The third-order valence-electron chi connectivity index (χ3n) is 3.85. The quantitative estimate of drug-likeness (QED) is 0.485. The molecule has 0 N–H and O–H groups in total. The minimum absolute atomic E-state index is 0.101. The molecule has 0 fully saturated rings. The Morgan fingerprint density at radius 2 is 1.65 bits per heavy atom. The maximum absolute atomic E-state index is 14.3. The molecular weight excluding hydrogens is 303 g/mol. The summed E-state index contributed by atoms with van der Waals surface area (Å²) >= 11 is 0. The van der Waals surface area contributed by atoms with E-state index in [1.807, 2.05) is 19.9 Å². The molecule has 0 saturated carbocycles. The Kier molecular flexibility index (Phi) is 3.72. The Balaban J connectivity index is 2.48. The minimum atomic E-state index is -1.26. The van der Waals surface area contributed by atoms with Gasteiger partial charge in [0.1, 0.15) is 5.82 Å². The molecule has 0 radical (unpaired) electrons. The van der Waals surface area contributed by atoms with Crippen LogP contribution in [0.5, 0.6) is 0 Å². The van der Waals surface area contributed by atoms with E-state index in [0.29, 0.717) is 17.7 Å². The van der Waals surface area contributed by atoms with Crippen LogP contribution < -0.4 is 0 Å². The van der Waals surface area contributed by atoms with Gasteiger partial charge in [-0.3, -0.25) is 4.79 Å². The number of aromatic nitrogens is 1. The second-order valence-corrected chi connectivity index (χ2v) is 5.61. The van der Waals surface area contributed by atoms with E-state index in [4.69, 9.17) is 0 Å². The van der Waals surface area contributed by atoms with Gasteiger partial charge in [-0.15, -0.1) is 0 Å². The van der Waals surface area contributed by atoms with E-state index in [9.17, 15) is 18.0 Å². The van der Waals surface area contributed by atoms with Gasteiger partial charge in [0.2, 0.25) is 0 Å². The Morgan fingerprint density at radius 1 is 1.00 bits per heavy atom. The predicted molar refractivity (Wildman–Crippen MR) is 83.0 cm³/mol. The highest BCUT2D eigenvalue weighted by Crippen LogP contribution is 2.37. The van der Waals surface area contributed by atoms with Crippen molar-refractivity contribution in [1.82, 2.24) is 4.57 Å². The van der Waals surface area contributed by atoms with Crippen molar-refractivity contribution in [1.29, 1.82) is 0 Å². The first kappa shape index (κ1) is 15.3. The standard InChI is InChI=1S/C18H14F3NO/c1-10(2)22-17-6-4-3-5-11(17)13(9-23)18(22)12-7-15(20)16(21)8-14(12)19/h3-10H,1-2H3. The van der Waals surface area contributed by atoms with Gasteiger partial charge in [0, 0.05) is 34.1 Å². The summed E-state index contributed by atoms with van der Waals surface area (Å²) in [5.41, 5.74) is 1.13. The van der Waals surface area contributed by atoms with Crippen molar-refractivity contribution in [3.63, 3.8) is 0 Å². The van der Waals surface area contributed by atoms with Crippen LogP contribution in [0.15, 0.2) is 36.4 Å². The lowest BCUT2D eigenvalue weighted by Gasteiger charge is -2.16. The lowest BCUT2D eigenvalue weighted by Crippen LogP contribution is -2.05. The van der Waals surface area contributed by atoms with Crippen molar-refractivity contribution in [2.75, 3.05) is 0 Å². The monoisotopic (exact) mass is 317 g/mol. The van der Waals surface area contributed by atoms with Crippen LogP contribution >= 0.6 is 0 Å². The zero-order chi connectivity index (χ0) is 16.7. The first-order valence-electron chi connectivity index (χ1n) is 7.18. The lowest BCUT2D eigenvalue weighted by atomic mass is 10.0. The summed E-state index contributed by atoms with van der Waals surface area (Å²) in [5.74, 6) is -3.32. The van der Waals surface area contributed by atoms with Gasteiger partial charge >= 0.3 is 0 Å². The highest BCUT2D eigenvalue weighted by atomic mass is 19.2. The molecule has 3 aromatic rings. The largest absolute Gasteiger partial charge is 0.337 e. The van der Waals surface area contributed by atoms with E-state index >= 15 is 0 Å². The van der Waals surface area contributed by atoms with E-state index in [1.165, 1.54) is 0 Å². The zero-order valence-corrected chi connectivity index (χ0v) is 12.6. The van der Waals surface area contributed by atoms with Crippen LogP contribution in [0.4, 0.5) is 13.2 Å². The molecule has 0 spiro atoms. The number of aldehydes is 1. The van der Waals surface area contributed by atoms with Crippen molar-refractivity contribution in [2.45, 2.75) is 19.9 Å². The molecule has 0 amide bonds. The first-order valence-corrected chi connectivity index (χ1v) is 7.18. The van der Waals surface area contributed by atoms with Gasteiger partial charge in [0.25, 0.3) is 0 Å². The fraction of sp³-hybridized carbons (Fsp3) is 0.167. The number of rotatable bonds is 3. The zero-order valence-electron chi connectivity index (χ0n) is 12.6. The summed E-state index contributed by atoms with van der Waals surface area (Å²) in [5, 5.41) is 0.648. The van der Waals surface area contributed by atoms with Gasteiger partial charge in [0.15, 0.2) is 17.9 Å². The predicted octanol–water partition coefficient (Wildman–Crippen LogP) is 5.12. The maximum atomic E-state index is 14.3. The number of hydrogen-bond donors (Lipinski definition) is 0. The van der Waals surface area contributed by atoms with E-state index in [1.54, 1.807) is 22.8 Å². The van der Waals surface area contributed by atoms with E-state index in [0.717, 1.165) is 11.6 Å². The number of nitrogens with zero attached hydrogens (tertiary/aromatic N) is 1. The van der Waals surface area contributed by atoms with E-state index < -0.39 is 17.5 Å². The molecule has 5 heteroatoms. The normalized spacial score (nSPS) is 11.4. The third kappa shape index (κ3) is 2.32. The summed E-state index contributed by atoms with van der Waals surface area (Å²) in [6.07, 6.45) is 0.622. The molecule has 1 heterocycles. The maximum Gasteiger partial charge on any atom is 0.161 e. The van der Waals surface area contributed by atoms with Gasteiger partial charge in [0.05, 0.1) is 5.69 Å². The van der Waals surface area contributed by atoms with Crippen molar-refractivity contribution < 1.29 is 18.0 Å². The summed E-state index contributed by atoms with van der Waals surface area (Å²) in [6.45, 7) is 3.75. The molecule has 3 rings (SSSR count). The molecule has 0 aliphatic heterocycles. The Hall–Kier alpha value is -2.56. The fourth-order valence-corrected chi connectivity index (χ4v) is 2.92. The van der Waals surface area contributed by atoms with Gasteiger partial charge < -0.3 is 4.57 Å². The van der Waals surface area contributed by atoms with Crippen LogP contribution in [0.3, 0.4) is 0 Å². The molecule has 0 atom stereocenters. The SMILES string of the molecule is CC(C)n1c(-c2cc(F)c(F)cc2F)c(C=O)c2ccccc21. The molecule has 0 bridgehead atoms. The number of carbonyl (C=O) groups is 1. The van der Waals surface area contributed by atoms with Crippen molar-refractivity contribution in [3.8, 4) is 11.3 Å². The second-order valence-electron chi connectivity index (χ2n) is 5.61. The Labute approximate surface area is 131 Å². The van der Waals surface area contributed by atoms with Gasteiger partial charge in [-0.25, -0.2) is 13.2 Å². The van der Waals surface area contributed by atoms with E-state index in [-0.39, 0.29) is 22.9 Å². The number of fused-ring (bicyclic) bond motifs is 1. The van der Waals surface area contributed by atoms with Crippen LogP contribution in [0.1, 0.15) is 30.2 Å². The Bertz CT molecular complexity index is 912. The average molecular weight is 317 g/mol. The molecule has 1 aromatic heterocycles. The molecule has 0 saturated heterocycles. The summed E-state index contributed by atoms with van der Waals surface area (Å²) < 4.78 is 42.9. The number of carbonyl (C=O) groups excluding carboxylic acids is 1. The highest BCUT2D eigenvalue weighted by molar-refractivity contribution is 6.05. The molecule has 2 aromatic carbocycles. The van der Waals surface area contributed by atoms with Gasteiger partial charge in [-0.05, 0) is 26.0 Å². The first-order chi connectivity index (χ1) is 11.0. The Morgan fingerprint density at radius 3 is 2.30 bits per heavy atom.